The molecule has 162 valence electrons. The Morgan fingerprint density at radius 2 is 1.81 bits per heavy atom. The molecule has 1 saturated heterocycles. The fourth-order valence-electron chi connectivity index (χ4n) is 4.25. The lowest BCUT2D eigenvalue weighted by molar-refractivity contribution is -0.120. The van der Waals surface area contributed by atoms with Crippen molar-refractivity contribution in [3.63, 3.8) is 0 Å². The van der Waals surface area contributed by atoms with Gasteiger partial charge in [-0.25, -0.2) is 5.10 Å². The molecular formula is C24H28N4O3. The molecule has 2 heterocycles. The average molecular weight is 421 g/mol. The highest BCUT2D eigenvalue weighted by molar-refractivity contribution is 5.88. The van der Waals surface area contributed by atoms with E-state index in [1.54, 1.807) is 19.2 Å². The Labute approximate surface area is 181 Å². The molecule has 31 heavy (non-hydrogen) atoms. The molecule has 0 unspecified atom stereocenters. The van der Waals surface area contributed by atoms with Crippen LogP contribution in [0, 0.1) is 0 Å². The van der Waals surface area contributed by atoms with Gasteiger partial charge in [0.05, 0.1) is 30.7 Å². The minimum atomic E-state index is -0.246. The van der Waals surface area contributed by atoms with Crippen LogP contribution in [0.3, 0.4) is 0 Å². The van der Waals surface area contributed by atoms with Gasteiger partial charge in [0, 0.05) is 11.9 Å². The topological polar surface area (TPSA) is 87.3 Å². The Hall–Kier alpha value is -3.19. The molecule has 2 N–H and O–H groups in total. The molecule has 7 heteroatoms. The van der Waals surface area contributed by atoms with Crippen molar-refractivity contribution in [2.75, 3.05) is 26.7 Å². The third-order valence-electron chi connectivity index (χ3n) is 5.93. The molecule has 4 rings (SSSR count). The predicted octanol–water partition coefficient (Wildman–Crippen LogP) is 2.82. The Morgan fingerprint density at radius 3 is 2.52 bits per heavy atom. The number of hydrogen-bond acceptors (Lipinski definition) is 5. The summed E-state index contributed by atoms with van der Waals surface area (Å²) in [5.41, 5.74) is 1.49. The van der Waals surface area contributed by atoms with Crippen molar-refractivity contribution in [2.24, 2.45) is 0 Å². The van der Waals surface area contributed by atoms with Crippen LogP contribution in [-0.2, 0) is 11.2 Å². The van der Waals surface area contributed by atoms with Crippen molar-refractivity contribution in [3.05, 3.63) is 70.1 Å². The summed E-state index contributed by atoms with van der Waals surface area (Å²) in [5.74, 6) is 0.710. The summed E-state index contributed by atoms with van der Waals surface area (Å²) in [5, 5.41) is 11.0. The van der Waals surface area contributed by atoms with Gasteiger partial charge in [0.2, 0.25) is 5.91 Å². The first-order valence-electron chi connectivity index (χ1n) is 10.8. The number of benzene rings is 2. The highest BCUT2D eigenvalue weighted by Gasteiger charge is 2.23. The number of aromatic amines is 1. The normalized spacial score (nSPS) is 15.5. The fourth-order valence-corrected chi connectivity index (χ4v) is 4.25. The van der Waals surface area contributed by atoms with Crippen LogP contribution in [-0.4, -0.2) is 47.7 Å². The van der Waals surface area contributed by atoms with Crippen molar-refractivity contribution in [1.82, 2.24) is 20.4 Å². The molecule has 1 aliphatic rings. The number of ether oxygens (including phenoxy) is 1. The molecule has 0 saturated carbocycles. The first-order valence-corrected chi connectivity index (χ1v) is 10.8. The number of likely N-dealkylation sites (tertiary alicyclic amines) is 1. The van der Waals surface area contributed by atoms with Crippen molar-refractivity contribution in [3.8, 4) is 5.75 Å². The van der Waals surface area contributed by atoms with E-state index in [9.17, 15) is 9.59 Å². The minimum absolute atomic E-state index is 0.107. The summed E-state index contributed by atoms with van der Waals surface area (Å²) >= 11 is 0. The molecule has 0 bridgehead atoms. The molecule has 1 atom stereocenters. The van der Waals surface area contributed by atoms with Crippen molar-refractivity contribution < 1.29 is 9.53 Å². The first kappa shape index (κ1) is 21.1. The van der Waals surface area contributed by atoms with E-state index in [-0.39, 0.29) is 23.9 Å². The lowest BCUT2D eigenvalue weighted by Gasteiger charge is -2.35. The van der Waals surface area contributed by atoms with Gasteiger partial charge in [-0.3, -0.25) is 14.5 Å². The van der Waals surface area contributed by atoms with Gasteiger partial charge >= 0.3 is 0 Å². The van der Waals surface area contributed by atoms with E-state index in [0.717, 1.165) is 24.4 Å². The van der Waals surface area contributed by atoms with Crippen LogP contribution in [0.15, 0.2) is 53.3 Å². The van der Waals surface area contributed by atoms with Crippen molar-refractivity contribution >= 4 is 16.7 Å². The van der Waals surface area contributed by atoms with Crippen LogP contribution < -0.4 is 15.6 Å². The number of aromatic nitrogens is 2. The third-order valence-corrected chi connectivity index (χ3v) is 5.93. The molecule has 3 aromatic rings. The summed E-state index contributed by atoms with van der Waals surface area (Å²) in [7, 11) is 1.66. The Balaban J connectivity index is 1.48. The van der Waals surface area contributed by atoms with E-state index in [1.165, 1.54) is 19.3 Å². The average Bonchev–Trinajstić information content (AvgIpc) is 2.82. The van der Waals surface area contributed by atoms with Gasteiger partial charge in [0.25, 0.3) is 5.56 Å². The Morgan fingerprint density at radius 1 is 1.10 bits per heavy atom. The van der Waals surface area contributed by atoms with Gasteiger partial charge in [-0.15, -0.1) is 0 Å². The summed E-state index contributed by atoms with van der Waals surface area (Å²) in [4.78, 5) is 27.2. The number of H-pyrrole nitrogens is 1. The number of fused-ring (bicyclic) bond motifs is 1. The van der Waals surface area contributed by atoms with Gasteiger partial charge in [-0.05, 0) is 49.7 Å². The molecule has 1 aromatic heterocycles. The fraction of sp³-hybridized carbons (Fsp3) is 0.375. The van der Waals surface area contributed by atoms with Crippen molar-refractivity contribution in [2.45, 2.75) is 31.7 Å². The number of nitrogens with one attached hydrogen (secondary N) is 2. The van der Waals surface area contributed by atoms with E-state index in [2.05, 4.69) is 32.5 Å². The number of carbonyl (C=O) groups excluding carboxylic acids is 1. The number of hydrogen-bond donors (Lipinski definition) is 2. The zero-order valence-electron chi connectivity index (χ0n) is 17.8. The van der Waals surface area contributed by atoms with Crippen LogP contribution >= 0.6 is 0 Å². The largest absolute Gasteiger partial charge is 0.497 e. The standard InChI is InChI=1S/C24H28N4O3/c1-31-18-11-9-17(10-12-18)22(28-13-5-2-6-14-28)16-25-23(29)15-21-19-7-3-4-8-20(19)24(30)27-26-21/h3-4,7-12,22H,2,5-6,13-16H2,1H3,(H,25,29)(H,27,30)/t22-/m0/s1. The van der Waals surface area contributed by atoms with Crippen LogP contribution in [0.25, 0.3) is 10.8 Å². The molecule has 0 aliphatic carbocycles. The van der Waals surface area contributed by atoms with E-state index in [0.29, 0.717) is 23.0 Å². The Bertz CT molecular complexity index is 1090. The number of carbonyl (C=O) groups is 1. The summed E-state index contributed by atoms with van der Waals surface area (Å²) in [6, 6.07) is 15.4. The number of amides is 1. The van der Waals surface area contributed by atoms with E-state index >= 15 is 0 Å². The number of nitrogens with zero attached hydrogens (tertiary/aromatic N) is 2. The van der Waals surface area contributed by atoms with Crippen LogP contribution in [0.1, 0.15) is 36.6 Å². The van der Waals surface area contributed by atoms with Gasteiger partial charge in [-0.1, -0.05) is 36.8 Å². The van der Waals surface area contributed by atoms with Gasteiger partial charge in [0.15, 0.2) is 0 Å². The molecule has 1 aliphatic heterocycles. The highest BCUT2D eigenvalue weighted by Crippen LogP contribution is 2.26. The molecule has 2 aromatic carbocycles. The molecule has 0 spiro atoms. The lowest BCUT2D eigenvalue weighted by atomic mass is 10.0. The van der Waals surface area contributed by atoms with Gasteiger partial charge in [0.1, 0.15) is 5.75 Å². The van der Waals surface area contributed by atoms with Crippen LogP contribution in [0.2, 0.25) is 0 Å². The first-order chi connectivity index (χ1) is 15.2. The predicted molar refractivity (Wildman–Crippen MR) is 120 cm³/mol. The third kappa shape index (κ3) is 4.94. The monoisotopic (exact) mass is 420 g/mol. The van der Waals surface area contributed by atoms with E-state index in [4.69, 9.17) is 4.74 Å². The van der Waals surface area contributed by atoms with Crippen LogP contribution in [0.5, 0.6) is 5.75 Å². The minimum Gasteiger partial charge on any atom is -0.497 e. The second kappa shape index (κ2) is 9.75. The second-order valence-corrected chi connectivity index (χ2v) is 7.91. The number of rotatable bonds is 7. The van der Waals surface area contributed by atoms with E-state index in [1.807, 2.05) is 24.3 Å². The molecule has 1 amide bonds. The zero-order valence-corrected chi connectivity index (χ0v) is 17.8. The van der Waals surface area contributed by atoms with Gasteiger partial charge < -0.3 is 10.1 Å². The number of methoxy groups -OCH3 is 1. The molecular weight excluding hydrogens is 392 g/mol. The SMILES string of the molecule is COc1ccc([C@H](CNC(=O)Cc2n[nH]c(=O)c3ccccc23)N2CCCCC2)cc1. The maximum atomic E-state index is 12.8. The Kier molecular flexibility index (Phi) is 6.62. The molecule has 7 nitrogen and oxygen atoms in total. The maximum Gasteiger partial charge on any atom is 0.272 e. The van der Waals surface area contributed by atoms with Crippen LogP contribution in [0.4, 0.5) is 0 Å². The second-order valence-electron chi connectivity index (χ2n) is 7.91. The van der Waals surface area contributed by atoms with Gasteiger partial charge in [-0.2, -0.15) is 5.10 Å². The summed E-state index contributed by atoms with van der Waals surface area (Å²) in [6.45, 7) is 2.57. The smallest absolute Gasteiger partial charge is 0.272 e. The zero-order chi connectivity index (χ0) is 21.6. The summed E-state index contributed by atoms with van der Waals surface area (Å²) in [6.07, 6.45) is 3.72. The van der Waals surface area contributed by atoms with Crippen molar-refractivity contribution in [1.29, 1.82) is 0 Å². The number of piperidine rings is 1. The maximum absolute atomic E-state index is 12.8. The van der Waals surface area contributed by atoms with E-state index < -0.39 is 0 Å². The quantitative estimate of drug-likeness (QED) is 0.614. The molecule has 0 radical (unpaired) electrons. The molecule has 1 fully saturated rings. The summed E-state index contributed by atoms with van der Waals surface area (Å²) < 4.78 is 5.29. The highest BCUT2D eigenvalue weighted by atomic mass is 16.5. The lowest BCUT2D eigenvalue weighted by Crippen LogP contribution is -2.41.